The lowest BCUT2D eigenvalue weighted by molar-refractivity contribution is -0.383. The summed E-state index contributed by atoms with van der Waals surface area (Å²) in [5.41, 5.74) is -0.131. The second kappa shape index (κ2) is 3.89. The highest BCUT2D eigenvalue weighted by Crippen LogP contribution is 2.29. The number of nitro benzene ring substituents is 1. The van der Waals surface area contributed by atoms with Crippen LogP contribution in [0.2, 0.25) is 0 Å². The van der Waals surface area contributed by atoms with E-state index >= 15 is 0 Å². The van der Waals surface area contributed by atoms with E-state index in [-0.39, 0.29) is 11.2 Å². The van der Waals surface area contributed by atoms with Crippen LogP contribution in [0.4, 0.5) is 5.69 Å². The fourth-order valence-corrected chi connectivity index (χ4v) is 1.75. The Hall–Kier alpha value is -2.37. The molecule has 6 heteroatoms. The molecule has 0 aliphatic heterocycles. The Kier molecular flexibility index (Phi) is 2.55. The van der Waals surface area contributed by atoms with Gasteiger partial charge in [0.05, 0.1) is 18.1 Å². The van der Waals surface area contributed by atoms with Crippen LogP contribution in [-0.4, -0.2) is 16.6 Å². The van der Waals surface area contributed by atoms with Crippen molar-refractivity contribution < 1.29 is 9.66 Å². The second-order valence-corrected chi connectivity index (χ2v) is 3.57. The van der Waals surface area contributed by atoms with Crippen LogP contribution in [0.5, 0.6) is 5.75 Å². The molecule has 1 heterocycles. The van der Waals surface area contributed by atoms with Crippen molar-refractivity contribution in [1.29, 1.82) is 0 Å². The fourth-order valence-electron chi connectivity index (χ4n) is 1.75. The SMILES string of the molecule is COc1cc([N+](=O)[O-])c2c(ccc(=O)n2C)c1. The maximum Gasteiger partial charge on any atom is 0.297 e. The standard InChI is InChI=1S/C11H10N2O4/c1-12-10(14)4-3-7-5-8(17-2)6-9(11(7)12)13(15)16/h3-6H,1-2H3. The van der Waals surface area contributed by atoms with Crippen molar-refractivity contribution in [3.63, 3.8) is 0 Å². The number of nitrogens with zero attached hydrogens (tertiary/aromatic N) is 2. The summed E-state index contributed by atoms with van der Waals surface area (Å²) in [5.74, 6) is 0.392. The number of methoxy groups -OCH3 is 1. The Morgan fingerprint density at radius 3 is 2.65 bits per heavy atom. The molecule has 0 N–H and O–H groups in total. The molecule has 0 aliphatic rings. The first-order chi connectivity index (χ1) is 8.04. The predicted molar refractivity (Wildman–Crippen MR) is 62.4 cm³/mol. The van der Waals surface area contributed by atoms with Gasteiger partial charge in [0.2, 0.25) is 0 Å². The maximum atomic E-state index is 11.5. The Labute approximate surface area is 96.2 Å². The smallest absolute Gasteiger partial charge is 0.297 e. The molecule has 0 bridgehead atoms. The third-order valence-corrected chi connectivity index (χ3v) is 2.60. The first-order valence-electron chi connectivity index (χ1n) is 4.87. The van der Waals surface area contributed by atoms with E-state index in [4.69, 9.17) is 4.74 Å². The van der Waals surface area contributed by atoms with Crippen molar-refractivity contribution in [1.82, 2.24) is 4.57 Å². The van der Waals surface area contributed by atoms with Crippen LogP contribution < -0.4 is 10.3 Å². The van der Waals surface area contributed by atoms with Crippen molar-refractivity contribution >= 4 is 16.6 Å². The maximum absolute atomic E-state index is 11.5. The summed E-state index contributed by atoms with van der Waals surface area (Å²) in [6.45, 7) is 0. The number of rotatable bonds is 2. The largest absolute Gasteiger partial charge is 0.496 e. The second-order valence-electron chi connectivity index (χ2n) is 3.57. The van der Waals surface area contributed by atoms with E-state index in [2.05, 4.69) is 0 Å². The number of ether oxygens (including phenoxy) is 1. The molecule has 88 valence electrons. The van der Waals surface area contributed by atoms with Crippen LogP contribution in [0.3, 0.4) is 0 Å². The number of fused-ring (bicyclic) bond motifs is 1. The van der Waals surface area contributed by atoms with Gasteiger partial charge in [-0.05, 0) is 12.1 Å². The zero-order chi connectivity index (χ0) is 12.6. The summed E-state index contributed by atoms with van der Waals surface area (Å²) in [4.78, 5) is 21.9. The van der Waals surface area contributed by atoms with Gasteiger partial charge in [0.25, 0.3) is 11.2 Å². The van der Waals surface area contributed by atoms with Crippen LogP contribution in [0.25, 0.3) is 10.9 Å². The molecule has 0 radical (unpaired) electrons. The number of benzene rings is 1. The summed E-state index contributed by atoms with van der Waals surface area (Å²) in [5, 5.41) is 11.6. The van der Waals surface area contributed by atoms with Crippen LogP contribution in [0, 0.1) is 10.1 Å². The van der Waals surface area contributed by atoms with E-state index in [1.807, 2.05) is 0 Å². The molecule has 0 fully saturated rings. The lowest BCUT2D eigenvalue weighted by atomic mass is 10.1. The zero-order valence-corrected chi connectivity index (χ0v) is 9.34. The molecule has 0 unspecified atom stereocenters. The van der Waals surface area contributed by atoms with Crippen molar-refractivity contribution in [3.05, 3.63) is 44.7 Å². The Morgan fingerprint density at radius 1 is 1.35 bits per heavy atom. The molecule has 0 saturated carbocycles. The predicted octanol–water partition coefficient (Wildman–Crippen LogP) is 1.46. The molecule has 0 spiro atoms. The number of nitro groups is 1. The van der Waals surface area contributed by atoms with Gasteiger partial charge in [-0.1, -0.05) is 0 Å². The minimum atomic E-state index is -0.524. The fraction of sp³-hybridized carbons (Fsp3) is 0.182. The molecule has 0 atom stereocenters. The molecule has 1 aromatic carbocycles. The number of non-ortho nitro benzene ring substituents is 1. The summed E-state index contributed by atoms with van der Waals surface area (Å²) >= 11 is 0. The zero-order valence-electron chi connectivity index (χ0n) is 9.34. The van der Waals surface area contributed by atoms with Gasteiger partial charge in [0.1, 0.15) is 11.3 Å². The van der Waals surface area contributed by atoms with Gasteiger partial charge < -0.3 is 9.30 Å². The average molecular weight is 234 g/mol. The highest BCUT2D eigenvalue weighted by molar-refractivity contribution is 5.89. The summed E-state index contributed by atoms with van der Waals surface area (Å²) in [6.07, 6.45) is 0. The molecule has 17 heavy (non-hydrogen) atoms. The van der Waals surface area contributed by atoms with Gasteiger partial charge in [-0.15, -0.1) is 0 Å². The van der Waals surface area contributed by atoms with Crippen LogP contribution >= 0.6 is 0 Å². The minimum absolute atomic E-state index is 0.139. The lowest BCUT2D eigenvalue weighted by Crippen LogP contribution is -2.16. The van der Waals surface area contributed by atoms with E-state index in [1.54, 1.807) is 12.1 Å². The van der Waals surface area contributed by atoms with Gasteiger partial charge in [-0.2, -0.15) is 0 Å². The first kappa shape index (κ1) is 11.1. The van der Waals surface area contributed by atoms with E-state index in [1.165, 1.54) is 30.9 Å². The Morgan fingerprint density at radius 2 is 2.06 bits per heavy atom. The number of hydrogen-bond acceptors (Lipinski definition) is 4. The topological polar surface area (TPSA) is 74.4 Å². The quantitative estimate of drug-likeness (QED) is 0.582. The number of pyridine rings is 1. The Balaban J connectivity index is 2.97. The van der Waals surface area contributed by atoms with Crippen molar-refractivity contribution in [2.75, 3.05) is 7.11 Å². The highest BCUT2D eigenvalue weighted by atomic mass is 16.6. The van der Waals surface area contributed by atoms with Crippen LogP contribution in [0.15, 0.2) is 29.1 Å². The Bertz CT molecular complexity index is 660. The van der Waals surface area contributed by atoms with E-state index < -0.39 is 4.92 Å². The van der Waals surface area contributed by atoms with Gasteiger partial charge in [0.15, 0.2) is 0 Å². The van der Waals surface area contributed by atoms with Crippen LogP contribution in [-0.2, 0) is 7.05 Å². The number of aryl methyl sites for hydroxylation is 1. The van der Waals surface area contributed by atoms with E-state index in [0.29, 0.717) is 16.7 Å². The van der Waals surface area contributed by atoms with Gasteiger partial charge in [0, 0.05) is 18.5 Å². The summed E-state index contributed by atoms with van der Waals surface area (Å²) in [7, 11) is 2.94. The van der Waals surface area contributed by atoms with Crippen LogP contribution in [0.1, 0.15) is 0 Å². The molecular formula is C11H10N2O4. The van der Waals surface area contributed by atoms with Gasteiger partial charge >= 0.3 is 0 Å². The third-order valence-electron chi connectivity index (χ3n) is 2.60. The normalized spacial score (nSPS) is 10.5. The van der Waals surface area contributed by atoms with Gasteiger partial charge in [-0.25, -0.2) is 0 Å². The molecule has 6 nitrogen and oxygen atoms in total. The molecule has 0 saturated heterocycles. The monoisotopic (exact) mass is 234 g/mol. The number of hydrogen-bond donors (Lipinski definition) is 0. The van der Waals surface area contributed by atoms with Crippen molar-refractivity contribution in [2.45, 2.75) is 0 Å². The molecule has 0 aliphatic carbocycles. The average Bonchev–Trinajstić information content (AvgIpc) is 2.32. The van der Waals surface area contributed by atoms with Crippen molar-refractivity contribution in [3.8, 4) is 5.75 Å². The minimum Gasteiger partial charge on any atom is -0.496 e. The highest BCUT2D eigenvalue weighted by Gasteiger charge is 2.17. The number of aromatic nitrogens is 1. The molecule has 2 rings (SSSR count). The molecular weight excluding hydrogens is 224 g/mol. The molecule has 1 aromatic heterocycles. The van der Waals surface area contributed by atoms with E-state index in [9.17, 15) is 14.9 Å². The molecule has 0 amide bonds. The summed E-state index contributed by atoms with van der Waals surface area (Å²) < 4.78 is 6.25. The van der Waals surface area contributed by atoms with E-state index in [0.717, 1.165) is 0 Å². The molecule has 2 aromatic rings. The summed E-state index contributed by atoms with van der Waals surface area (Å²) in [6, 6.07) is 5.88. The van der Waals surface area contributed by atoms with Crippen molar-refractivity contribution in [2.24, 2.45) is 7.05 Å². The van der Waals surface area contributed by atoms with Gasteiger partial charge in [-0.3, -0.25) is 14.9 Å². The first-order valence-corrected chi connectivity index (χ1v) is 4.87. The lowest BCUT2D eigenvalue weighted by Gasteiger charge is -2.07. The third kappa shape index (κ3) is 1.73.